The SMILES string of the molecule is CCc1nn(C)c2c1[nH]c(=S)n2CCC1CCCC(C)C1. The summed E-state index contributed by atoms with van der Waals surface area (Å²) in [6.45, 7) is 5.54. The van der Waals surface area contributed by atoms with E-state index in [0.717, 1.165) is 46.4 Å². The van der Waals surface area contributed by atoms with Crippen LogP contribution in [0.5, 0.6) is 0 Å². The van der Waals surface area contributed by atoms with Crippen molar-refractivity contribution < 1.29 is 0 Å². The number of fused-ring (bicyclic) bond motifs is 1. The Morgan fingerprint density at radius 2 is 2.19 bits per heavy atom. The first-order valence-electron chi connectivity index (χ1n) is 8.24. The first kappa shape index (κ1) is 14.8. The largest absolute Gasteiger partial charge is 0.328 e. The van der Waals surface area contributed by atoms with Crippen molar-refractivity contribution in [2.24, 2.45) is 18.9 Å². The van der Waals surface area contributed by atoms with Crippen LogP contribution in [0.25, 0.3) is 11.2 Å². The molecule has 116 valence electrons. The van der Waals surface area contributed by atoms with Gasteiger partial charge in [0.2, 0.25) is 0 Å². The number of aromatic amines is 1. The molecule has 1 N–H and O–H groups in total. The molecule has 2 aromatic rings. The number of nitrogens with one attached hydrogen (secondary N) is 1. The quantitative estimate of drug-likeness (QED) is 0.859. The summed E-state index contributed by atoms with van der Waals surface area (Å²) >= 11 is 5.53. The lowest BCUT2D eigenvalue weighted by atomic mass is 9.81. The number of imidazole rings is 1. The van der Waals surface area contributed by atoms with Crippen LogP contribution in [-0.4, -0.2) is 19.3 Å². The molecule has 0 amide bonds. The van der Waals surface area contributed by atoms with E-state index in [1.165, 1.54) is 32.1 Å². The molecule has 0 spiro atoms. The highest BCUT2D eigenvalue weighted by molar-refractivity contribution is 7.71. The summed E-state index contributed by atoms with van der Waals surface area (Å²) < 4.78 is 5.07. The maximum atomic E-state index is 5.53. The van der Waals surface area contributed by atoms with E-state index in [4.69, 9.17) is 12.2 Å². The number of H-pyrrole nitrogens is 1. The van der Waals surface area contributed by atoms with Crippen molar-refractivity contribution in [1.82, 2.24) is 19.3 Å². The average molecular weight is 306 g/mol. The Labute approximate surface area is 131 Å². The molecule has 1 saturated carbocycles. The minimum absolute atomic E-state index is 0.844. The number of aryl methyl sites for hydroxylation is 3. The Morgan fingerprint density at radius 3 is 2.90 bits per heavy atom. The van der Waals surface area contributed by atoms with Crippen LogP contribution in [0.1, 0.15) is 51.6 Å². The van der Waals surface area contributed by atoms with Crippen molar-refractivity contribution in [2.75, 3.05) is 0 Å². The number of aromatic nitrogens is 4. The second-order valence-electron chi connectivity index (χ2n) is 6.63. The van der Waals surface area contributed by atoms with Gasteiger partial charge in [-0.1, -0.05) is 33.1 Å². The topological polar surface area (TPSA) is 38.5 Å². The highest BCUT2D eigenvalue weighted by Crippen LogP contribution is 2.31. The van der Waals surface area contributed by atoms with Gasteiger partial charge in [-0.15, -0.1) is 0 Å². The van der Waals surface area contributed by atoms with E-state index in [9.17, 15) is 0 Å². The van der Waals surface area contributed by atoms with Crippen molar-refractivity contribution in [1.29, 1.82) is 0 Å². The van der Waals surface area contributed by atoms with Gasteiger partial charge in [0.25, 0.3) is 0 Å². The van der Waals surface area contributed by atoms with Crippen LogP contribution in [-0.2, 0) is 20.0 Å². The molecule has 0 aromatic carbocycles. The maximum absolute atomic E-state index is 5.53. The van der Waals surface area contributed by atoms with Crippen LogP contribution in [0.3, 0.4) is 0 Å². The summed E-state index contributed by atoms with van der Waals surface area (Å²) in [5.41, 5.74) is 3.39. The molecule has 2 aromatic heterocycles. The van der Waals surface area contributed by atoms with Crippen LogP contribution in [0.2, 0.25) is 0 Å². The summed E-state index contributed by atoms with van der Waals surface area (Å²) in [5, 5.41) is 4.60. The van der Waals surface area contributed by atoms with E-state index in [1.807, 2.05) is 11.7 Å². The molecule has 2 unspecified atom stereocenters. The molecule has 3 rings (SSSR count). The number of hydrogen-bond donors (Lipinski definition) is 1. The Balaban J connectivity index is 1.82. The zero-order valence-electron chi connectivity index (χ0n) is 13.4. The Kier molecular flexibility index (Phi) is 4.20. The van der Waals surface area contributed by atoms with Gasteiger partial charge in [-0.25, -0.2) is 0 Å². The van der Waals surface area contributed by atoms with Crippen molar-refractivity contribution in [3.8, 4) is 0 Å². The lowest BCUT2D eigenvalue weighted by Gasteiger charge is -2.26. The van der Waals surface area contributed by atoms with Crippen LogP contribution < -0.4 is 0 Å². The van der Waals surface area contributed by atoms with E-state index in [0.29, 0.717) is 0 Å². The summed E-state index contributed by atoms with van der Waals surface area (Å²) in [5.74, 6) is 1.76. The minimum Gasteiger partial charge on any atom is -0.328 e. The lowest BCUT2D eigenvalue weighted by molar-refractivity contribution is 0.261. The van der Waals surface area contributed by atoms with Gasteiger partial charge in [0.05, 0.1) is 5.69 Å². The van der Waals surface area contributed by atoms with Crippen molar-refractivity contribution >= 4 is 23.4 Å². The third-order valence-electron chi connectivity index (χ3n) is 4.96. The van der Waals surface area contributed by atoms with Crippen molar-refractivity contribution in [3.63, 3.8) is 0 Å². The van der Waals surface area contributed by atoms with Gasteiger partial charge in [-0.05, 0) is 43.3 Å². The molecule has 2 atom stereocenters. The molecule has 0 saturated heterocycles. The first-order chi connectivity index (χ1) is 10.1. The highest BCUT2D eigenvalue weighted by Gasteiger charge is 2.20. The molecule has 1 aliphatic rings. The molecule has 0 aliphatic heterocycles. The molecule has 2 heterocycles. The van der Waals surface area contributed by atoms with Crippen molar-refractivity contribution in [2.45, 2.75) is 58.9 Å². The fourth-order valence-electron chi connectivity index (χ4n) is 3.87. The predicted octanol–water partition coefficient (Wildman–Crippen LogP) is 4.21. The van der Waals surface area contributed by atoms with Gasteiger partial charge in [-0.3, -0.25) is 4.68 Å². The fraction of sp³-hybridized carbons (Fsp3) is 0.750. The third-order valence-corrected chi connectivity index (χ3v) is 5.29. The number of rotatable bonds is 4. The Morgan fingerprint density at radius 1 is 1.38 bits per heavy atom. The van der Waals surface area contributed by atoms with Gasteiger partial charge in [-0.2, -0.15) is 5.10 Å². The van der Waals surface area contributed by atoms with Gasteiger partial charge in [0, 0.05) is 13.6 Å². The Bertz CT molecular complexity index is 678. The van der Waals surface area contributed by atoms with E-state index in [2.05, 4.69) is 28.5 Å². The van der Waals surface area contributed by atoms with Crippen LogP contribution in [0.15, 0.2) is 0 Å². The van der Waals surface area contributed by atoms with E-state index in [-0.39, 0.29) is 0 Å². The molecular weight excluding hydrogens is 280 g/mol. The summed E-state index contributed by atoms with van der Waals surface area (Å²) in [4.78, 5) is 3.36. The zero-order valence-corrected chi connectivity index (χ0v) is 14.2. The number of hydrogen-bond acceptors (Lipinski definition) is 2. The zero-order chi connectivity index (χ0) is 15.0. The lowest BCUT2D eigenvalue weighted by Crippen LogP contribution is -2.15. The third kappa shape index (κ3) is 2.80. The summed E-state index contributed by atoms with van der Waals surface area (Å²) in [7, 11) is 2.02. The van der Waals surface area contributed by atoms with Crippen LogP contribution in [0.4, 0.5) is 0 Å². The Hall–Kier alpha value is -1.10. The molecule has 4 nitrogen and oxygen atoms in total. The molecule has 1 fully saturated rings. The normalized spacial score (nSPS) is 23.0. The fourth-order valence-corrected chi connectivity index (χ4v) is 4.15. The monoisotopic (exact) mass is 306 g/mol. The van der Waals surface area contributed by atoms with E-state index in [1.54, 1.807) is 0 Å². The number of nitrogens with zero attached hydrogens (tertiary/aromatic N) is 3. The molecule has 0 bridgehead atoms. The van der Waals surface area contributed by atoms with Crippen LogP contribution in [0, 0.1) is 16.6 Å². The van der Waals surface area contributed by atoms with Crippen molar-refractivity contribution in [3.05, 3.63) is 10.5 Å². The van der Waals surface area contributed by atoms with Gasteiger partial charge < -0.3 is 9.55 Å². The van der Waals surface area contributed by atoms with E-state index >= 15 is 0 Å². The first-order valence-corrected chi connectivity index (χ1v) is 8.65. The maximum Gasteiger partial charge on any atom is 0.179 e. The molecule has 1 aliphatic carbocycles. The molecule has 0 radical (unpaired) electrons. The predicted molar refractivity (Wildman–Crippen MR) is 89.0 cm³/mol. The molecular formula is C16H26N4S. The smallest absolute Gasteiger partial charge is 0.179 e. The highest BCUT2D eigenvalue weighted by atomic mass is 32.1. The molecule has 21 heavy (non-hydrogen) atoms. The van der Waals surface area contributed by atoms with E-state index < -0.39 is 0 Å². The molecule has 5 heteroatoms. The van der Waals surface area contributed by atoms with Gasteiger partial charge in [0.1, 0.15) is 5.52 Å². The van der Waals surface area contributed by atoms with Gasteiger partial charge >= 0.3 is 0 Å². The standard InChI is InChI=1S/C16H26N4S/c1-4-13-14-15(19(3)18-13)20(16(21)17-14)9-8-12-7-5-6-11(2)10-12/h11-12H,4-10H2,1-3H3,(H,17,21). The van der Waals surface area contributed by atoms with Gasteiger partial charge in [0.15, 0.2) is 10.4 Å². The average Bonchev–Trinajstić information content (AvgIpc) is 2.94. The summed E-state index contributed by atoms with van der Waals surface area (Å²) in [6, 6.07) is 0. The second kappa shape index (κ2) is 5.95. The second-order valence-corrected chi connectivity index (χ2v) is 7.02. The summed E-state index contributed by atoms with van der Waals surface area (Å²) in [6.07, 6.45) is 7.74. The van der Waals surface area contributed by atoms with Crippen LogP contribution >= 0.6 is 12.2 Å². The minimum atomic E-state index is 0.844.